The van der Waals surface area contributed by atoms with E-state index in [0.717, 1.165) is 56.2 Å². The Bertz CT molecular complexity index is 1150. The number of carbonyl (C=O) groups is 2. The predicted octanol–water partition coefficient (Wildman–Crippen LogP) is 5.64. The smallest absolute Gasteiger partial charge is 0.224 e. The van der Waals surface area contributed by atoms with Crippen molar-refractivity contribution >= 4 is 23.2 Å². The third-order valence-electron chi connectivity index (χ3n) is 9.73. The standard InChI is InChI=1S/C36H55N3O5S/c1-26(2)18-32(40)34(42)31(19-27-12-6-3-7-13-27)38-35(43)29(20-30-23-45-25-37-30)21-33(41)39(22-28-14-8-4-9-15-28)24-36(44)16-10-5-11-17-36/h4,8-9,14-15,23,25-27,29,31-32,34,40,42,44H,3,5-7,10-13,16-22,24H2,1-2H3,(H,38,43)/t29-,31+,32+,34-/m1/s1. The largest absolute Gasteiger partial charge is 0.390 e. The predicted molar refractivity (Wildman–Crippen MR) is 178 cm³/mol. The van der Waals surface area contributed by atoms with Crippen molar-refractivity contribution in [2.75, 3.05) is 6.54 Å². The summed E-state index contributed by atoms with van der Waals surface area (Å²) < 4.78 is 0. The maximum Gasteiger partial charge on any atom is 0.224 e. The SMILES string of the molecule is CC(C)C[C@H](O)[C@H](O)[C@H](CC1CCCCC1)NC(=O)[C@@H](CC(=O)N(Cc1ccccc1)CC1(O)CCCCC1)Cc1cscn1. The zero-order chi connectivity index (χ0) is 32.2. The molecule has 0 bridgehead atoms. The van der Waals surface area contributed by atoms with Gasteiger partial charge in [-0.3, -0.25) is 9.59 Å². The van der Waals surface area contributed by atoms with Gasteiger partial charge in [-0.05, 0) is 43.1 Å². The van der Waals surface area contributed by atoms with E-state index in [1.807, 2.05) is 49.6 Å². The zero-order valence-electron chi connectivity index (χ0n) is 27.3. The van der Waals surface area contributed by atoms with Crippen molar-refractivity contribution in [3.8, 4) is 0 Å². The molecule has 2 amide bonds. The lowest BCUT2D eigenvalue weighted by Crippen LogP contribution is -2.52. The van der Waals surface area contributed by atoms with Crippen LogP contribution >= 0.6 is 11.3 Å². The van der Waals surface area contributed by atoms with Crippen LogP contribution < -0.4 is 5.32 Å². The molecule has 8 nitrogen and oxygen atoms in total. The van der Waals surface area contributed by atoms with Gasteiger partial charge in [-0.1, -0.05) is 95.5 Å². The van der Waals surface area contributed by atoms with Crippen LogP contribution in [0.1, 0.15) is 109 Å². The molecule has 45 heavy (non-hydrogen) atoms. The van der Waals surface area contributed by atoms with Gasteiger partial charge in [0.15, 0.2) is 0 Å². The normalized spacial score (nSPS) is 19.9. The molecule has 0 saturated heterocycles. The molecule has 2 aliphatic carbocycles. The van der Waals surface area contributed by atoms with Crippen LogP contribution in [0, 0.1) is 17.8 Å². The van der Waals surface area contributed by atoms with E-state index in [0.29, 0.717) is 44.6 Å². The third-order valence-corrected chi connectivity index (χ3v) is 10.4. The van der Waals surface area contributed by atoms with Crippen molar-refractivity contribution < 1.29 is 24.9 Å². The maximum absolute atomic E-state index is 14.1. The summed E-state index contributed by atoms with van der Waals surface area (Å²) in [5, 5.41) is 38.7. The number of benzene rings is 1. The average molecular weight is 642 g/mol. The molecule has 9 heteroatoms. The Labute approximate surface area is 273 Å². The van der Waals surface area contributed by atoms with Crippen LogP contribution in [0.3, 0.4) is 0 Å². The second-order valence-corrected chi connectivity index (χ2v) is 14.9. The first-order valence-electron chi connectivity index (χ1n) is 17.2. The number of nitrogens with one attached hydrogen (secondary N) is 1. The minimum atomic E-state index is -1.09. The first-order valence-corrected chi connectivity index (χ1v) is 18.1. The van der Waals surface area contributed by atoms with Crippen molar-refractivity contribution in [1.82, 2.24) is 15.2 Å². The lowest BCUT2D eigenvalue weighted by Gasteiger charge is -2.37. The highest BCUT2D eigenvalue weighted by atomic mass is 32.1. The van der Waals surface area contributed by atoms with Crippen molar-refractivity contribution in [3.63, 3.8) is 0 Å². The number of nitrogens with zero attached hydrogens (tertiary/aromatic N) is 2. The molecular weight excluding hydrogens is 586 g/mol. The summed E-state index contributed by atoms with van der Waals surface area (Å²) in [7, 11) is 0. The number of hydrogen-bond acceptors (Lipinski definition) is 7. The first-order chi connectivity index (χ1) is 21.6. The van der Waals surface area contributed by atoms with Gasteiger partial charge < -0.3 is 25.5 Å². The second-order valence-electron chi connectivity index (χ2n) is 14.1. The molecule has 1 heterocycles. The lowest BCUT2D eigenvalue weighted by molar-refractivity contribution is -0.141. The quantitative estimate of drug-likeness (QED) is 0.188. The zero-order valence-corrected chi connectivity index (χ0v) is 28.1. The molecule has 0 aliphatic heterocycles. The molecule has 0 unspecified atom stereocenters. The third kappa shape index (κ3) is 11.5. The lowest BCUT2D eigenvalue weighted by atomic mass is 9.82. The van der Waals surface area contributed by atoms with Crippen molar-refractivity contribution in [3.05, 3.63) is 52.5 Å². The minimum absolute atomic E-state index is 0.0347. The van der Waals surface area contributed by atoms with E-state index in [4.69, 9.17) is 0 Å². The van der Waals surface area contributed by atoms with Crippen LogP contribution in [-0.4, -0.2) is 67.4 Å². The molecule has 4 rings (SSSR count). The van der Waals surface area contributed by atoms with Gasteiger partial charge in [0.1, 0.15) is 6.10 Å². The molecule has 4 atom stereocenters. The van der Waals surface area contributed by atoms with Crippen LogP contribution in [0.15, 0.2) is 41.2 Å². The summed E-state index contributed by atoms with van der Waals surface area (Å²) in [5.74, 6) is -0.616. The van der Waals surface area contributed by atoms with Gasteiger partial charge in [0.25, 0.3) is 0 Å². The molecule has 2 fully saturated rings. The average Bonchev–Trinajstić information content (AvgIpc) is 3.54. The van der Waals surface area contributed by atoms with E-state index in [1.165, 1.54) is 17.8 Å². The Morgan fingerprint density at radius 3 is 2.38 bits per heavy atom. The molecule has 2 aliphatic rings. The van der Waals surface area contributed by atoms with E-state index in [2.05, 4.69) is 10.3 Å². The van der Waals surface area contributed by atoms with Crippen LogP contribution in [0.4, 0.5) is 0 Å². The van der Waals surface area contributed by atoms with Crippen molar-refractivity contribution in [1.29, 1.82) is 0 Å². The summed E-state index contributed by atoms with van der Waals surface area (Å²) in [6.07, 6.45) is 9.14. The maximum atomic E-state index is 14.1. The van der Waals surface area contributed by atoms with E-state index in [-0.39, 0.29) is 30.7 Å². The molecule has 250 valence electrons. The van der Waals surface area contributed by atoms with Gasteiger partial charge in [-0.15, -0.1) is 11.3 Å². The number of aliphatic hydroxyl groups excluding tert-OH is 2. The van der Waals surface area contributed by atoms with E-state index in [1.54, 1.807) is 10.4 Å². The molecule has 1 aromatic heterocycles. The van der Waals surface area contributed by atoms with E-state index < -0.39 is 29.8 Å². The summed E-state index contributed by atoms with van der Waals surface area (Å²) in [4.78, 5) is 34.3. The Kier molecular flexibility index (Phi) is 13.9. The highest BCUT2D eigenvalue weighted by molar-refractivity contribution is 7.07. The number of amides is 2. The first kappa shape index (κ1) is 35.5. The van der Waals surface area contributed by atoms with E-state index in [9.17, 15) is 24.9 Å². The molecule has 4 N–H and O–H groups in total. The summed E-state index contributed by atoms with van der Waals surface area (Å²) in [6.45, 7) is 4.60. The second kappa shape index (κ2) is 17.5. The fourth-order valence-electron chi connectivity index (χ4n) is 7.20. The van der Waals surface area contributed by atoms with Gasteiger partial charge in [0.2, 0.25) is 11.8 Å². The number of aromatic nitrogens is 1. The fraction of sp³-hybridized carbons (Fsp3) is 0.694. The Morgan fingerprint density at radius 2 is 1.73 bits per heavy atom. The van der Waals surface area contributed by atoms with Crippen LogP contribution in [0.25, 0.3) is 0 Å². The van der Waals surface area contributed by atoms with Crippen LogP contribution in [-0.2, 0) is 22.6 Å². The van der Waals surface area contributed by atoms with Crippen LogP contribution in [0.2, 0.25) is 0 Å². The number of thiazole rings is 1. The van der Waals surface area contributed by atoms with Gasteiger partial charge in [0, 0.05) is 31.3 Å². The fourth-order valence-corrected chi connectivity index (χ4v) is 7.78. The van der Waals surface area contributed by atoms with Gasteiger partial charge in [-0.25, -0.2) is 4.98 Å². The summed E-state index contributed by atoms with van der Waals surface area (Å²) >= 11 is 1.45. The minimum Gasteiger partial charge on any atom is -0.390 e. The van der Waals surface area contributed by atoms with E-state index >= 15 is 0 Å². The number of rotatable bonds is 16. The summed E-state index contributed by atoms with van der Waals surface area (Å²) in [5.41, 5.74) is 2.51. The summed E-state index contributed by atoms with van der Waals surface area (Å²) in [6, 6.07) is 9.17. The molecule has 2 saturated carbocycles. The number of aliphatic hydroxyl groups is 3. The highest BCUT2D eigenvalue weighted by Gasteiger charge is 2.36. The molecule has 0 radical (unpaired) electrons. The van der Waals surface area contributed by atoms with Gasteiger partial charge in [0.05, 0.1) is 34.9 Å². The van der Waals surface area contributed by atoms with Crippen molar-refractivity contribution in [2.45, 2.75) is 134 Å². The Morgan fingerprint density at radius 1 is 1.04 bits per heavy atom. The van der Waals surface area contributed by atoms with Gasteiger partial charge >= 0.3 is 0 Å². The number of carbonyl (C=O) groups excluding carboxylic acids is 2. The highest BCUT2D eigenvalue weighted by Crippen LogP contribution is 2.31. The Balaban J connectivity index is 1.54. The molecular formula is C36H55N3O5S. The monoisotopic (exact) mass is 641 g/mol. The topological polar surface area (TPSA) is 123 Å². The molecule has 0 spiro atoms. The molecule has 1 aromatic carbocycles. The number of hydrogen-bond donors (Lipinski definition) is 4. The molecule has 2 aromatic rings. The van der Waals surface area contributed by atoms with Gasteiger partial charge in [-0.2, -0.15) is 0 Å². The van der Waals surface area contributed by atoms with Crippen LogP contribution in [0.5, 0.6) is 0 Å². The van der Waals surface area contributed by atoms with Crippen molar-refractivity contribution in [2.24, 2.45) is 17.8 Å². The Hall–Kier alpha value is -2.33.